The highest BCUT2D eigenvalue weighted by Crippen LogP contribution is 2.34. The third-order valence-corrected chi connectivity index (χ3v) is 4.04. The van der Waals surface area contributed by atoms with E-state index in [1.54, 1.807) is 24.0 Å². The van der Waals surface area contributed by atoms with Crippen LogP contribution in [-0.4, -0.2) is 38.3 Å². The van der Waals surface area contributed by atoms with E-state index in [9.17, 15) is 18.0 Å². The lowest BCUT2D eigenvalue weighted by molar-refractivity contribution is -0.142. The van der Waals surface area contributed by atoms with Crippen LogP contribution >= 0.6 is 0 Å². The SMILES string of the molecule is Cn1nccc1[C@@H]1OCCC[C@H]1C(=O)Nc1ccn(CC(F)(F)F)n1. The van der Waals surface area contributed by atoms with Crippen LogP contribution in [0.2, 0.25) is 0 Å². The predicted molar refractivity (Wildman–Crippen MR) is 81.5 cm³/mol. The molecule has 3 rings (SSSR count). The first-order valence-corrected chi connectivity index (χ1v) is 7.84. The summed E-state index contributed by atoms with van der Waals surface area (Å²) in [4.78, 5) is 12.6. The first kappa shape index (κ1) is 17.5. The van der Waals surface area contributed by atoms with Gasteiger partial charge in [0.2, 0.25) is 5.91 Å². The molecule has 1 amide bonds. The van der Waals surface area contributed by atoms with E-state index in [1.165, 1.54) is 12.3 Å². The van der Waals surface area contributed by atoms with E-state index in [0.717, 1.165) is 16.8 Å². The van der Waals surface area contributed by atoms with Gasteiger partial charge in [-0.3, -0.25) is 14.2 Å². The van der Waals surface area contributed by atoms with Gasteiger partial charge in [-0.25, -0.2) is 0 Å². The molecule has 136 valence electrons. The van der Waals surface area contributed by atoms with Gasteiger partial charge in [-0.05, 0) is 18.9 Å². The Hall–Kier alpha value is -2.36. The number of carbonyl (C=O) groups is 1. The molecule has 2 aromatic rings. The average Bonchev–Trinajstić information content (AvgIpc) is 3.14. The Morgan fingerprint density at radius 3 is 2.92 bits per heavy atom. The van der Waals surface area contributed by atoms with E-state index in [1.807, 2.05) is 0 Å². The van der Waals surface area contributed by atoms with Gasteiger partial charge in [0.1, 0.15) is 12.6 Å². The van der Waals surface area contributed by atoms with Crippen molar-refractivity contribution in [1.29, 1.82) is 0 Å². The van der Waals surface area contributed by atoms with Crippen molar-refractivity contribution in [2.75, 3.05) is 11.9 Å². The minimum absolute atomic E-state index is 0.0866. The molecule has 0 aromatic carbocycles. The fourth-order valence-corrected chi connectivity index (χ4v) is 2.92. The molecule has 1 fully saturated rings. The number of halogens is 3. The molecule has 1 saturated heterocycles. The molecule has 0 aliphatic carbocycles. The summed E-state index contributed by atoms with van der Waals surface area (Å²) in [7, 11) is 1.76. The number of hydrogen-bond acceptors (Lipinski definition) is 4. The second kappa shape index (κ2) is 6.87. The van der Waals surface area contributed by atoms with Gasteiger partial charge in [-0.1, -0.05) is 0 Å². The number of rotatable bonds is 4. The molecule has 10 heteroatoms. The number of nitrogens with one attached hydrogen (secondary N) is 1. The van der Waals surface area contributed by atoms with Crippen LogP contribution in [0.15, 0.2) is 24.5 Å². The summed E-state index contributed by atoms with van der Waals surface area (Å²) in [6, 6.07) is 3.13. The Balaban J connectivity index is 1.70. The van der Waals surface area contributed by atoms with Crippen molar-refractivity contribution < 1.29 is 22.7 Å². The highest BCUT2D eigenvalue weighted by molar-refractivity contribution is 5.92. The van der Waals surface area contributed by atoms with Gasteiger partial charge < -0.3 is 10.1 Å². The third kappa shape index (κ3) is 4.19. The Bertz CT molecular complexity index is 740. The van der Waals surface area contributed by atoms with E-state index in [2.05, 4.69) is 15.5 Å². The van der Waals surface area contributed by atoms with Crippen LogP contribution in [0.1, 0.15) is 24.6 Å². The molecule has 2 aromatic heterocycles. The molecule has 0 radical (unpaired) electrons. The lowest BCUT2D eigenvalue weighted by atomic mass is 9.91. The smallest absolute Gasteiger partial charge is 0.371 e. The van der Waals surface area contributed by atoms with Crippen molar-refractivity contribution in [3.63, 3.8) is 0 Å². The standard InChI is InChI=1S/C15H18F3N5O2/c1-22-11(4-6-19-22)13-10(3-2-8-25-13)14(24)20-12-5-7-23(21-12)9-15(16,17)18/h4-7,10,13H,2-3,8-9H2,1H3,(H,20,21,24)/t10-,13-/m1/s1. The van der Waals surface area contributed by atoms with E-state index >= 15 is 0 Å². The number of nitrogens with zero attached hydrogens (tertiary/aromatic N) is 4. The third-order valence-electron chi connectivity index (χ3n) is 4.04. The van der Waals surface area contributed by atoms with E-state index in [0.29, 0.717) is 13.0 Å². The highest BCUT2D eigenvalue weighted by Gasteiger charge is 2.35. The summed E-state index contributed by atoms with van der Waals surface area (Å²) in [6.45, 7) is -0.660. The Kier molecular flexibility index (Phi) is 4.80. The number of hydrogen-bond donors (Lipinski definition) is 1. The molecule has 0 unspecified atom stereocenters. The van der Waals surface area contributed by atoms with Gasteiger partial charge in [0.15, 0.2) is 5.82 Å². The average molecular weight is 357 g/mol. The summed E-state index contributed by atoms with van der Waals surface area (Å²) in [5, 5.41) is 10.4. The van der Waals surface area contributed by atoms with Crippen LogP contribution in [0, 0.1) is 5.92 Å². The van der Waals surface area contributed by atoms with Gasteiger partial charge in [-0.15, -0.1) is 0 Å². The molecule has 1 aliphatic heterocycles. The van der Waals surface area contributed by atoms with Gasteiger partial charge in [-0.2, -0.15) is 23.4 Å². The van der Waals surface area contributed by atoms with Gasteiger partial charge >= 0.3 is 6.18 Å². The minimum atomic E-state index is -4.37. The van der Waals surface area contributed by atoms with Crippen LogP contribution < -0.4 is 5.32 Å². The Labute approximate surface area is 141 Å². The van der Waals surface area contributed by atoms with E-state index < -0.39 is 24.7 Å². The van der Waals surface area contributed by atoms with Gasteiger partial charge in [0, 0.05) is 32.1 Å². The Morgan fingerprint density at radius 1 is 1.44 bits per heavy atom. The van der Waals surface area contributed by atoms with Crippen molar-refractivity contribution in [3.05, 3.63) is 30.2 Å². The number of amides is 1. The number of alkyl halides is 3. The van der Waals surface area contributed by atoms with Crippen molar-refractivity contribution in [2.24, 2.45) is 13.0 Å². The maximum absolute atomic E-state index is 12.6. The molecule has 1 N–H and O–H groups in total. The zero-order valence-electron chi connectivity index (χ0n) is 13.5. The molecule has 2 atom stereocenters. The van der Waals surface area contributed by atoms with E-state index in [4.69, 9.17) is 4.74 Å². The first-order valence-electron chi connectivity index (χ1n) is 7.84. The first-order chi connectivity index (χ1) is 11.8. The van der Waals surface area contributed by atoms with Crippen molar-refractivity contribution >= 4 is 11.7 Å². The lowest BCUT2D eigenvalue weighted by Crippen LogP contribution is -2.34. The topological polar surface area (TPSA) is 74.0 Å². The number of carbonyl (C=O) groups excluding carboxylic acids is 1. The summed E-state index contributed by atoms with van der Waals surface area (Å²) in [5.41, 5.74) is 0.780. The van der Waals surface area contributed by atoms with Crippen LogP contribution in [0.5, 0.6) is 0 Å². The maximum Gasteiger partial charge on any atom is 0.408 e. The zero-order chi connectivity index (χ0) is 18.0. The molecule has 0 bridgehead atoms. The fourth-order valence-electron chi connectivity index (χ4n) is 2.92. The summed E-state index contributed by atoms with van der Waals surface area (Å²) in [5.74, 6) is -0.705. The van der Waals surface area contributed by atoms with Crippen LogP contribution in [0.4, 0.5) is 19.0 Å². The molecule has 1 aliphatic rings. The normalized spacial score (nSPS) is 21.3. The van der Waals surface area contributed by atoms with Crippen molar-refractivity contribution in [1.82, 2.24) is 19.6 Å². The quantitative estimate of drug-likeness (QED) is 0.911. The number of ether oxygens (including phenoxy) is 1. The monoisotopic (exact) mass is 357 g/mol. The summed E-state index contributed by atoms with van der Waals surface area (Å²) in [6.07, 6.45) is -0.659. The molecule has 25 heavy (non-hydrogen) atoms. The summed E-state index contributed by atoms with van der Waals surface area (Å²) < 4.78 is 45.3. The van der Waals surface area contributed by atoms with Crippen LogP contribution in [-0.2, 0) is 23.1 Å². The Morgan fingerprint density at radius 2 is 2.24 bits per heavy atom. The second-order valence-electron chi connectivity index (χ2n) is 5.92. The molecular weight excluding hydrogens is 339 g/mol. The molecule has 3 heterocycles. The van der Waals surface area contributed by atoms with Gasteiger partial charge in [0.25, 0.3) is 0 Å². The zero-order valence-corrected chi connectivity index (χ0v) is 13.5. The maximum atomic E-state index is 12.6. The second-order valence-corrected chi connectivity index (χ2v) is 5.92. The fraction of sp³-hybridized carbons (Fsp3) is 0.533. The number of aromatic nitrogens is 4. The van der Waals surface area contributed by atoms with Crippen molar-refractivity contribution in [3.8, 4) is 0 Å². The van der Waals surface area contributed by atoms with Gasteiger partial charge in [0.05, 0.1) is 11.6 Å². The largest absolute Gasteiger partial charge is 0.408 e. The number of aryl methyl sites for hydroxylation is 1. The van der Waals surface area contributed by atoms with Crippen molar-refractivity contribution in [2.45, 2.75) is 31.7 Å². The molecule has 0 spiro atoms. The minimum Gasteiger partial charge on any atom is -0.371 e. The highest BCUT2D eigenvalue weighted by atomic mass is 19.4. The molecular formula is C15H18F3N5O2. The summed E-state index contributed by atoms with van der Waals surface area (Å²) >= 11 is 0. The van der Waals surface area contributed by atoms with E-state index in [-0.39, 0.29) is 11.7 Å². The molecule has 7 nitrogen and oxygen atoms in total. The molecule has 0 saturated carbocycles. The lowest BCUT2D eigenvalue weighted by Gasteiger charge is -2.30. The van der Waals surface area contributed by atoms with Crippen LogP contribution in [0.3, 0.4) is 0 Å². The number of anilines is 1. The van der Waals surface area contributed by atoms with Crippen LogP contribution in [0.25, 0.3) is 0 Å². The predicted octanol–water partition coefficient (Wildman–Crippen LogP) is 2.29.